The SMILES string of the molecule is COCCOC(=O)N1C(=O)[C@@]2(c3cc(C#CCNC(N)=O)ccc31)[C@H](C(=O)Nc1nc3ccccc3s1)[C@H]1C(=O)O[C@H](c3ccccc3)[C@H](c3ccccc3)N1[C@@H]2c1ccccc1OCCO. The first-order chi connectivity index (χ1) is 32.7. The molecule has 6 aromatic rings. The largest absolute Gasteiger partial charge is 0.491 e. The summed E-state index contributed by atoms with van der Waals surface area (Å²) in [4.78, 5) is 81.2. The number of nitrogens with one attached hydrogen (secondary N) is 2. The number of thiazole rings is 1. The maximum Gasteiger partial charge on any atom is 0.421 e. The van der Waals surface area contributed by atoms with Crippen molar-refractivity contribution in [1.29, 1.82) is 0 Å². The normalized spacial score (nSPS) is 21.8. The Hall–Kier alpha value is -7.62. The summed E-state index contributed by atoms with van der Waals surface area (Å²) < 4.78 is 24.4. The highest BCUT2D eigenvalue weighted by Crippen LogP contribution is 2.66. The molecule has 4 heterocycles. The number of nitrogens with zero attached hydrogens (tertiary/aromatic N) is 3. The van der Waals surface area contributed by atoms with Crippen LogP contribution in [0.1, 0.15) is 46.0 Å². The molecule has 0 saturated carbocycles. The van der Waals surface area contributed by atoms with Crippen molar-refractivity contribution in [2.24, 2.45) is 11.7 Å². The van der Waals surface area contributed by atoms with Gasteiger partial charge in [0.1, 0.15) is 36.5 Å². The number of amides is 5. The van der Waals surface area contributed by atoms with Crippen LogP contribution in [0.4, 0.5) is 20.4 Å². The molecule has 17 heteroatoms. The van der Waals surface area contributed by atoms with Crippen molar-refractivity contribution in [3.63, 3.8) is 0 Å². The molecule has 0 aliphatic carbocycles. The number of fused-ring (bicyclic) bond motifs is 4. The summed E-state index contributed by atoms with van der Waals surface area (Å²) in [6, 6.07) is 33.1. The molecule has 5 amide bonds. The van der Waals surface area contributed by atoms with Crippen molar-refractivity contribution in [2.75, 3.05) is 50.3 Å². The molecule has 5 aromatic carbocycles. The quantitative estimate of drug-likeness (QED) is 0.0655. The van der Waals surface area contributed by atoms with E-state index < -0.39 is 65.5 Å². The zero-order valence-electron chi connectivity index (χ0n) is 36.0. The van der Waals surface area contributed by atoms with Crippen LogP contribution in [-0.2, 0) is 34.0 Å². The van der Waals surface area contributed by atoms with Crippen molar-refractivity contribution < 1.29 is 48.0 Å². The van der Waals surface area contributed by atoms with Gasteiger partial charge in [0.25, 0.3) is 0 Å². The van der Waals surface area contributed by atoms with Gasteiger partial charge in [0, 0.05) is 18.2 Å². The first-order valence-electron chi connectivity index (χ1n) is 21.4. The Kier molecular flexibility index (Phi) is 12.7. The number of primary amides is 1. The fourth-order valence-corrected chi connectivity index (χ4v) is 10.5. The number of carbonyl (C=O) groups excluding carboxylic acids is 5. The fraction of sp³-hybridized carbons (Fsp3) is 0.240. The maximum absolute atomic E-state index is 16.4. The monoisotopic (exact) mass is 920 g/mol. The molecule has 5 N–H and O–H groups in total. The van der Waals surface area contributed by atoms with E-state index in [0.29, 0.717) is 27.8 Å². The molecule has 16 nitrogen and oxygen atoms in total. The lowest BCUT2D eigenvalue weighted by atomic mass is 9.65. The van der Waals surface area contributed by atoms with Gasteiger partial charge in [0.15, 0.2) is 5.13 Å². The number of aromatic nitrogens is 1. The lowest BCUT2D eigenvalue weighted by Gasteiger charge is -2.46. The van der Waals surface area contributed by atoms with E-state index >= 15 is 14.4 Å². The number of para-hydroxylation sites is 2. The molecule has 2 saturated heterocycles. The van der Waals surface area contributed by atoms with Gasteiger partial charge in [0.2, 0.25) is 11.8 Å². The summed E-state index contributed by atoms with van der Waals surface area (Å²) in [6.45, 7) is -0.793. The number of carbonyl (C=O) groups is 5. The molecule has 67 heavy (non-hydrogen) atoms. The maximum atomic E-state index is 16.4. The van der Waals surface area contributed by atoms with E-state index in [1.54, 1.807) is 42.5 Å². The van der Waals surface area contributed by atoms with Crippen molar-refractivity contribution in [2.45, 2.75) is 29.6 Å². The standard InChI is InChI=1S/C50H44N6O10S/c1-63-27-28-65-49(62)55-36-23-22-30(13-12-24-52-47(51)61)29-34(36)50(46(55)60)39(44(58)54-48-53-35-19-9-11-21-38(35)67-48)41-45(59)66-42(32-16-6-3-7-17-32)40(31-14-4-2-5-15-31)56(41)43(50)33-18-8-10-20-37(33)64-26-25-57/h2-11,14-23,29,39-43,57H,24-28H2,1H3,(H3,51,52,61)(H,53,54,58)/t39-,40-,41-,42+,43+,50-/m0/s1. The average molecular weight is 921 g/mol. The summed E-state index contributed by atoms with van der Waals surface area (Å²) in [5, 5.41) is 15.7. The average Bonchev–Trinajstić information content (AvgIpc) is 3.98. The van der Waals surface area contributed by atoms with Gasteiger partial charge >= 0.3 is 18.1 Å². The molecule has 1 spiro atoms. The second-order valence-corrected chi connectivity index (χ2v) is 16.9. The number of esters is 1. The Morgan fingerprint density at radius 2 is 1.60 bits per heavy atom. The third-order valence-corrected chi connectivity index (χ3v) is 13.1. The van der Waals surface area contributed by atoms with Crippen LogP contribution >= 0.6 is 11.3 Å². The summed E-state index contributed by atoms with van der Waals surface area (Å²) in [7, 11) is 1.44. The van der Waals surface area contributed by atoms with E-state index in [0.717, 1.165) is 9.60 Å². The topological polar surface area (TPSA) is 212 Å². The van der Waals surface area contributed by atoms with E-state index in [2.05, 4.69) is 22.5 Å². The van der Waals surface area contributed by atoms with Crippen molar-refractivity contribution >= 4 is 62.3 Å². The minimum atomic E-state index is -2.18. The predicted octanol–water partition coefficient (Wildman–Crippen LogP) is 5.77. The molecule has 6 atom stereocenters. The number of hydrogen-bond donors (Lipinski definition) is 4. The number of hydrogen-bond acceptors (Lipinski definition) is 13. The second-order valence-electron chi connectivity index (χ2n) is 15.9. The molecular weight excluding hydrogens is 877 g/mol. The van der Waals surface area contributed by atoms with Gasteiger partial charge in [-0.15, -0.1) is 0 Å². The lowest BCUT2D eigenvalue weighted by molar-refractivity contribution is -0.177. The van der Waals surface area contributed by atoms with E-state index in [9.17, 15) is 14.7 Å². The Balaban J connectivity index is 1.37. The number of morpholine rings is 1. The molecule has 0 unspecified atom stereocenters. The van der Waals surface area contributed by atoms with Crippen LogP contribution in [0.25, 0.3) is 10.2 Å². The van der Waals surface area contributed by atoms with Crippen molar-refractivity contribution in [3.8, 4) is 17.6 Å². The molecule has 1 aromatic heterocycles. The van der Waals surface area contributed by atoms with Crippen molar-refractivity contribution in [3.05, 3.63) is 155 Å². The molecule has 3 aliphatic rings. The number of cyclic esters (lactones) is 1. The van der Waals surface area contributed by atoms with E-state index in [1.807, 2.05) is 83.8 Å². The van der Waals surface area contributed by atoms with Crippen LogP contribution in [0.15, 0.2) is 127 Å². The summed E-state index contributed by atoms with van der Waals surface area (Å²) in [5.41, 5.74) is 6.05. The third kappa shape index (κ3) is 8.10. The third-order valence-electron chi connectivity index (χ3n) is 12.1. The van der Waals surface area contributed by atoms with E-state index in [1.165, 1.54) is 24.5 Å². The molecule has 2 fully saturated rings. The van der Waals surface area contributed by atoms with Crippen LogP contribution in [-0.4, -0.2) is 91.0 Å². The number of imide groups is 1. The minimum absolute atomic E-state index is 0.0202. The van der Waals surface area contributed by atoms with E-state index in [4.69, 9.17) is 29.7 Å². The second kappa shape index (κ2) is 19.1. The molecule has 0 bridgehead atoms. The zero-order valence-corrected chi connectivity index (χ0v) is 36.8. The van der Waals surface area contributed by atoms with Gasteiger partial charge in [-0.05, 0) is 53.1 Å². The van der Waals surface area contributed by atoms with Crippen LogP contribution in [0.5, 0.6) is 5.75 Å². The van der Waals surface area contributed by atoms with Crippen LogP contribution in [0, 0.1) is 17.8 Å². The van der Waals surface area contributed by atoms with Gasteiger partial charge in [-0.25, -0.2) is 19.5 Å². The van der Waals surface area contributed by atoms with Gasteiger partial charge in [-0.2, -0.15) is 0 Å². The van der Waals surface area contributed by atoms with Gasteiger partial charge in [0.05, 0.1) is 53.7 Å². The molecule has 3 aliphatic heterocycles. The van der Waals surface area contributed by atoms with Gasteiger partial charge < -0.3 is 40.4 Å². The number of aliphatic hydroxyl groups is 1. The Bertz CT molecular complexity index is 2890. The minimum Gasteiger partial charge on any atom is -0.491 e. The number of nitrogens with two attached hydrogens (primary N) is 1. The Labute approximate surface area is 388 Å². The predicted molar refractivity (Wildman–Crippen MR) is 247 cm³/mol. The van der Waals surface area contributed by atoms with Gasteiger partial charge in [-0.1, -0.05) is 114 Å². The summed E-state index contributed by atoms with van der Waals surface area (Å²) in [6.07, 6.45) is -2.03. The first kappa shape index (κ1) is 44.6. The highest BCUT2D eigenvalue weighted by atomic mass is 32.1. The smallest absolute Gasteiger partial charge is 0.421 e. The number of rotatable bonds is 12. The summed E-state index contributed by atoms with van der Waals surface area (Å²) in [5.74, 6) is 2.04. The Morgan fingerprint density at radius 1 is 0.881 bits per heavy atom. The number of ether oxygens (including phenoxy) is 4. The van der Waals surface area contributed by atoms with Crippen LogP contribution in [0.2, 0.25) is 0 Å². The highest BCUT2D eigenvalue weighted by Gasteiger charge is 2.76. The number of urea groups is 1. The van der Waals surface area contributed by atoms with Gasteiger partial charge in [-0.3, -0.25) is 19.3 Å². The highest BCUT2D eigenvalue weighted by molar-refractivity contribution is 7.22. The fourth-order valence-electron chi connectivity index (χ4n) is 9.59. The Morgan fingerprint density at radius 3 is 2.33 bits per heavy atom. The molecule has 0 radical (unpaired) electrons. The molecular formula is C50H44N6O10S. The first-order valence-corrected chi connectivity index (χ1v) is 22.2. The lowest BCUT2D eigenvalue weighted by Crippen LogP contribution is -2.54. The number of aliphatic hydroxyl groups excluding tert-OH is 1. The van der Waals surface area contributed by atoms with Crippen molar-refractivity contribution in [1.82, 2.24) is 15.2 Å². The number of methoxy groups -OCH3 is 1. The zero-order chi connectivity index (χ0) is 46.7. The number of benzene rings is 5. The number of anilines is 2. The van der Waals surface area contributed by atoms with E-state index in [-0.39, 0.29) is 55.1 Å². The summed E-state index contributed by atoms with van der Waals surface area (Å²) >= 11 is 1.21. The van der Waals surface area contributed by atoms with Crippen LogP contribution in [0.3, 0.4) is 0 Å². The van der Waals surface area contributed by atoms with Crippen LogP contribution < -0.4 is 26.0 Å². The molecule has 9 rings (SSSR count). The molecule has 340 valence electrons.